The monoisotopic (exact) mass is 453 g/mol. The Hall–Kier alpha value is -2.75. The van der Waals surface area contributed by atoms with Gasteiger partial charge < -0.3 is 10.6 Å². The molecule has 5 nitrogen and oxygen atoms in total. The molecule has 2 aliphatic rings. The van der Waals surface area contributed by atoms with Crippen molar-refractivity contribution in [3.63, 3.8) is 0 Å². The molecule has 1 aromatic carbocycles. The quantitative estimate of drug-likeness (QED) is 0.583. The minimum atomic E-state index is -2.68. The smallest absolute Gasteiger partial charge is 0.285 e. The molecule has 2 N–H and O–H groups in total. The zero-order valence-electron chi connectivity index (χ0n) is 20.0. The van der Waals surface area contributed by atoms with Gasteiger partial charge in [-0.15, -0.1) is 0 Å². The second kappa shape index (κ2) is 8.89. The maximum atomic E-state index is 14.2. The van der Waals surface area contributed by atoms with E-state index in [1.165, 1.54) is 5.56 Å². The number of nitriles is 1. The first-order valence-electron chi connectivity index (χ1n) is 12.1. The lowest BCUT2D eigenvalue weighted by molar-refractivity contribution is -0.0718. The van der Waals surface area contributed by atoms with Crippen molar-refractivity contribution in [3.05, 3.63) is 45.9 Å². The van der Waals surface area contributed by atoms with E-state index >= 15 is 0 Å². The zero-order chi connectivity index (χ0) is 23.9. The second-order valence-corrected chi connectivity index (χ2v) is 9.45. The van der Waals surface area contributed by atoms with Crippen LogP contribution in [0.2, 0.25) is 0 Å². The van der Waals surface area contributed by atoms with E-state index in [0.717, 1.165) is 29.7 Å². The molecule has 1 saturated heterocycles. The molecule has 0 amide bonds. The molecule has 1 aliphatic heterocycles. The lowest BCUT2D eigenvalue weighted by atomic mass is 9.76. The highest BCUT2D eigenvalue weighted by atomic mass is 19.3. The van der Waals surface area contributed by atoms with E-state index in [-0.39, 0.29) is 12.5 Å². The molecule has 1 fully saturated rings. The van der Waals surface area contributed by atoms with Crippen LogP contribution in [0.25, 0.3) is 0 Å². The molecule has 0 saturated carbocycles. The summed E-state index contributed by atoms with van der Waals surface area (Å²) < 4.78 is 28.4. The summed E-state index contributed by atoms with van der Waals surface area (Å²) in [5, 5.41) is 9.91. The number of hydrogen-bond donors (Lipinski definition) is 1. The van der Waals surface area contributed by atoms with Crippen molar-refractivity contribution in [2.24, 2.45) is 0 Å². The Kier molecular flexibility index (Phi) is 6.30. The topological polar surface area (TPSA) is 78.8 Å². The number of halogens is 2. The highest BCUT2D eigenvalue weighted by Crippen LogP contribution is 2.45. The zero-order valence-corrected chi connectivity index (χ0v) is 20.0. The molecular weight excluding hydrogens is 420 g/mol. The van der Waals surface area contributed by atoms with Crippen LogP contribution in [-0.2, 0) is 19.3 Å². The van der Waals surface area contributed by atoms with Crippen molar-refractivity contribution >= 4 is 11.5 Å². The second-order valence-electron chi connectivity index (χ2n) is 9.45. The molecule has 0 spiro atoms. The summed E-state index contributed by atoms with van der Waals surface area (Å²) in [6, 6.07) is 5.44. The van der Waals surface area contributed by atoms with Crippen LogP contribution < -0.4 is 10.6 Å². The maximum absolute atomic E-state index is 14.2. The summed E-state index contributed by atoms with van der Waals surface area (Å²) in [5.74, 6) is -0.875. The minimum absolute atomic E-state index is 0.118. The van der Waals surface area contributed by atoms with Gasteiger partial charge in [0.15, 0.2) is 0 Å². The van der Waals surface area contributed by atoms with E-state index in [1.54, 1.807) is 11.8 Å². The van der Waals surface area contributed by atoms with Crippen molar-refractivity contribution in [1.82, 2.24) is 9.97 Å². The van der Waals surface area contributed by atoms with Crippen LogP contribution in [0.5, 0.6) is 0 Å². The molecule has 176 valence electrons. The Bertz CT molecular complexity index is 1090. The number of aromatic nitrogens is 2. The SMILES string of the molecule is CCc1nc2c(c(N3CC(F)(F)C3CC)n1)CCC(c1c([C@@H](C)CC)ccc(N)c1C#N)C2. The first-order chi connectivity index (χ1) is 15.7. The van der Waals surface area contributed by atoms with Crippen LogP contribution in [0, 0.1) is 11.3 Å². The summed E-state index contributed by atoms with van der Waals surface area (Å²) >= 11 is 0. The molecule has 1 aliphatic carbocycles. The maximum Gasteiger partial charge on any atom is 0.285 e. The van der Waals surface area contributed by atoms with Crippen LogP contribution in [-0.4, -0.2) is 28.5 Å². The third-order valence-corrected chi connectivity index (χ3v) is 7.49. The molecule has 7 heteroatoms. The van der Waals surface area contributed by atoms with E-state index in [4.69, 9.17) is 15.7 Å². The fourth-order valence-corrected chi connectivity index (χ4v) is 5.45. The van der Waals surface area contributed by atoms with E-state index in [2.05, 4.69) is 26.0 Å². The van der Waals surface area contributed by atoms with Gasteiger partial charge in [-0.3, -0.25) is 0 Å². The van der Waals surface area contributed by atoms with Gasteiger partial charge in [0.25, 0.3) is 5.92 Å². The van der Waals surface area contributed by atoms with Gasteiger partial charge in [0.2, 0.25) is 0 Å². The van der Waals surface area contributed by atoms with Crippen LogP contribution in [0.4, 0.5) is 20.3 Å². The molecule has 2 unspecified atom stereocenters. The molecule has 0 bridgehead atoms. The normalized spacial score (nSPS) is 22.3. The number of rotatable bonds is 6. The Morgan fingerprint density at radius 2 is 2.03 bits per heavy atom. The van der Waals surface area contributed by atoms with Gasteiger partial charge in [-0.25, -0.2) is 18.7 Å². The lowest BCUT2D eigenvalue weighted by Crippen LogP contribution is -2.65. The largest absolute Gasteiger partial charge is 0.398 e. The minimum Gasteiger partial charge on any atom is -0.398 e. The van der Waals surface area contributed by atoms with Crippen LogP contribution in [0.3, 0.4) is 0 Å². The van der Waals surface area contributed by atoms with Crippen molar-refractivity contribution in [2.45, 2.75) is 90.0 Å². The number of nitrogens with two attached hydrogens (primary N) is 1. The summed E-state index contributed by atoms with van der Waals surface area (Å²) in [4.78, 5) is 11.3. The highest BCUT2D eigenvalue weighted by molar-refractivity contribution is 5.63. The van der Waals surface area contributed by atoms with E-state index in [9.17, 15) is 14.0 Å². The van der Waals surface area contributed by atoms with Crippen LogP contribution in [0.15, 0.2) is 12.1 Å². The van der Waals surface area contributed by atoms with Gasteiger partial charge in [-0.2, -0.15) is 5.26 Å². The predicted octanol–water partition coefficient (Wildman–Crippen LogP) is 5.51. The number of alkyl halides is 2. The third-order valence-electron chi connectivity index (χ3n) is 7.49. The number of nitrogens with zero attached hydrogens (tertiary/aromatic N) is 4. The highest BCUT2D eigenvalue weighted by Gasteiger charge is 2.54. The van der Waals surface area contributed by atoms with E-state index in [0.29, 0.717) is 54.5 Å². The number of aryl methyl sites for hydroxylation is 1. The number of nitrogen functional groups attached to an aromatic ring is 1. The fraction of sp³-hybridized carbons (Fsp3) is 0.577. The number of hydrogen-bond acceptors (Lipinski definition) is 5. The molecule has 2 heterocycles. The van der Waals surface area contributed by atoms with Crippen molar-refractivity contribution in [1.29, 1.82) is 5.26 Å². The van der Waals surface area contributed by atoms with Crippen LogP contribution >= 0.6 is 0 Å². The number of fused-ring (bicyclic) bond motifs is 1. The molecule has 4 rings (SSSR count). The first-order valence-corrected chi connectivity index (χ1v) is 12.1. The van der Waals surface area contributed by atoms with E-state index in [1.807, 2.05) is 13.0 Å². The average Bonchev–Trinajstić information content (AvgIpc) is 2.81. The molecule has 33 heavy (non-hydrogen) atoms. The molecular formula is C26H33F2N5. The Balaban J connectivity index is 1.77. The Morgan fingerprint density at radius 3 is 2.64 bits per heavy atom. The van der Waals surface area contributed by atoms with Crippen molar-refractivity contribution in [2.75, 3.05) is 17.2 Å². The predicted molar refractivity (Wildman–Crippen MR) is 127 cm³/mol. The summed E-state index contributed by atoms with van der Waals surface area (Å²) in [5.41, 5.74) is 11.4. The first kappa shape index (κ1) is 23.4. The fourth-order valence-electron chi connectivity index (χ4n) is 5.45. The molecule has 3 atom stereocenters. The van der Waals surface area contributed by atoms with E-state index < -0.39 is 12.0 Å². The van der Waals surface area contributed by atoms with Crippen molar-refractivity contribution < 1.29 is 8.78 Å². The number of benzene rings is 1. The third kappa shape index (κ3) is 3.94. The molecule has 1 aromatic heterocycles. The van der Waals surface area contributed by atoms with Gasteiger partial charge in [0.1, 0.15) is 17.7 Å². The number of anilines is 2. The Labute approximate surface area is 195 Å². The van der Waals surface area contributed by atoms with Gasteiger partial charge in [0, 0.05) is 17.7 Å². The van der Waals surface area contributed by atoms with Gasteiger partial charge in [-0.05, 0) is 61.1 Å². The molecule has 0 radical (unpaired) electrons. The summed E-state index contributed by atoms with van der Waals surface area (Å²) in [7, 11) is 0. The lowest BCUT2D eigenvalue weighted by Gasteiger charge is -2.49. The van der Waals surface area contributed by atoms with Gasteiger partial charge in [0.05, 0.1) is 23.8 Å². The average molecular weight is 454 g/mol. The van der Waals surface area contributed by atoms with Crippen LogP contribution in [0.1, 0.15) is 92.6 Å². The Morgan fingerprint density at radius 1 is 1.27 bits per heavy atom. The molecule has 2 aromatic rings. The van der Waals surface area contributed by atoms with Crippen molar-refractivity contribution in [3.8, 4) is 6.07 Å². The summed E-state index contributed by atoms with van der Waals surface area (Å²) in [6.45, 7) is 7.83. The summed E-state index contributed by atoms with van der Waals surface area (Å²) in [6.07, 6.45) is 4.18. The van der Waals surface area contributed by atoms with Gasteiger partial charge in [-0.1, -0.05) is 33.8 Å². The standard InChI is InChI=1S/C26H33F2N5/c1-5-15(4)17-10-11-20(30)19(13-29)24(17)16-8-9-18-21(12-16)31-23(7-3)32-25(18)33-14-26(27,28)22(33)6-2/h10-11,15-16,22H,5-9,12,14,30H2,1-4H3/t15-,16?,22?/m0/s1. The van der Waals surface area contributed by atoms with Gasteiger partial charge >= 0.3 is 0 Å².